The van der Waals surface area contributed by atoms with E-state index in [1.54, 1.807) is 0 Å². The standard InChI is InChI=1S/C17H24O/c1-2-18-17(16-11-7-4-8-12-16)14-13-15-9-5-3-6-10-15/h3,5-6,9-10,14,16H,2,4,7-8,11-13H2,1H3/b17-14-. The summed E-state index contributed by atoms with van der Waals surface area (Å²) in [4.78, 5) is 0. The lowest BCUT2D eigenvalue weighted by molar-refractivity contribution is 0.171. The zero-order valence-corrected chi connectivity index (χ0v) is 11.4. The van der Waals surface area contributed by atoms with Gasteiger partial charge in [-0.1, -0.05) is 49.6 Å². The molecule has 0 amide bonds. The molecule has 1 aliphatic rings. The summed E-state index contributed by atoms with van der Waals surface area (Å²) in [6, 6.07) is 10.6. The van der Waals surface area contributed by atoms with Crippen molar-refractivity contribution in [1.82, 2.24) is 0 Å². The van der Waals surface area contributed by atoms with Crippen LogP contribution in [0.1, 0.15) is 44.6 Å². The summed E-state index contributed by atoms with van der Waals surface area (Å²) in [5.41, 5.74) is 1.37. The van der Waals surface area contributed by atoms with Crippen LogP contribution >= 0.6 is 0 Å². The van der Waals surface area contributed by atoms with E-state index in [0.29, 0.717) is 5.92 Å². The van der Waals surface area contributed by atoms with Gasteiger partial charge in [-0.2, -0.15) is 0 Å². The van der Waals surface area contributed by atoms with Gasteiger partial charge in [0.1, 0.15) is 0 Å². The molecule has 0 saturated heterocycles. The van der Waals surface area contributed by atoms with Crippen LogP contribution in [0.4, 0.5) is 0 Å². The molecule has 98 valence electrons. The molecule has 0 atom stereocenters. The second-order valence-electron chi connectivity index (χ2n) is 5.06. The Hall–Kier alpha value is -1.24. The summed E-state index contributed by atoms with van der Waals surface area (Å²) in [7, 11) is 0. The summed E-state index contributed by atoms with van der Waals surface area (Å²) in [5.74, 6) is 1.91. The highest BCUT2D eigenvalue weighted by Crippen LogP contribution is 2.30. The molecule has 1 aliphatic carbocycles. The highest BCUT2D eigenvalue weighted by molar-refractivity contribution is 5.18. The first-order valence-electron chi connectivity index (χ1n) is 7.27. The van der Waals surface area contributed by atoms with Crippen molar-refractivity contribution in [3.63, 3.8) is 0 Å². The van der Waals surface area contributed by atoms with E-state index in [2.05, 4.69) is 43.3 Å². The lowest BCUT2D eigenvalue weighted by atomic mass is 9.87. The Balaban J connectivity index is 1.99. The third kappa shape index (κ3) is 3.90. The van der Waals surface area contributed by atoms with Crippen LogP contribution in [0.15, 0.2) is 42.2 Å². The third-order valence-corrected chi connectivity index (χ3v) is 3.70. The molecule has 2 rings (SSSR count). The maximum absolute atomic E-state index is 5.86. The molecule has 0 spiro atoms. The van der Waals surface area contributed by atoms with Crippen molar-refractivity contribution < 1.29 is 4.74 Å². The molecule has 18 heavy (non-hydrogen) atoms. The Bertz CT molecular complexity index is 360. The van der Waals surface area contributed by atoms with Crippen LogP contribution in [0.2, 0.25) is 0 Å². The average molecular weight is 244 g/mol. The predicted molar refractivity (Wildman–Crippen MR) is 76.4 cm³/mol. The van der Waals surface area contributed by atoms with Crippen molar-refractivity contribution in [3.8, 4) is 0 Å². The van der Waals surface area contributed by atoms with E-state index in [1.807, 2.05) is 0 Å². The first-order valence-corrected chi connectivity index (χ1v) is 7.27. The van der Waals surface area contributed by atoms with Crippen LogP contribution in [0, 0.1) is 5.92 Å². The monoisotopic (exact) mass is 244 g/mol. The van der Waals surface area contributed by atoms with Crippen molar-refractivity contribution in [2.24, 2.45) is 5.92 Å². The maximum atomic E-state index is 5.86. The fraction of sp³-hybridized carbons (Fsp3) is 0.529. The van der Waals surface area contributed by atoms with Gasteiger partial charge < -0.3 is 4.74 Å². The highest BCUT2D eigenvalue weighted by Gasteiger charge is 2.18. The molecular formula is C17H24O. The van der Waals surface area contributed by atoms with Crippen LogP contribution in [0.25, 0.3) is 0 Å². The summed E-state index contributed by atoms with van der Waals surface area (Å²) < 4.78 is 5.86. The Morgan fingerprint density at radius 1 is 1.17 bits per heavy atom. The van der Waals surface area contributed by atoms with Crippen molar-refractivity contribution in [2.75, 3.05) is 6.61 Å². The van der Waals surface area contributed by atoms with Gasteiger partial charge in [-0.15, -0.1) is 0 Å². The third-order valence-electron chi connectivity index (χ3n) is 3.70. The fourth-order valence-corrected chi connectivity index (χ4v) is 2.73. The Labute approximate surface area is 111 Å². The van der Waals surface area contributed by atoms with Gasteiger partial charge in [-0.3, -0.25) is 0 Å². The average Bonchev–Trinajstić information content (AvgIpc) is 2.45. The largest absolute Gasteiger partial charge is 0.498 e. The van der Waals surface area contributed by atoms with Gasteiger partial charge in [0.05, 0.1) is 12.4 Å². The highest BCUT2D eigenvalue weighted by atomic mass is 16.5. The molecule has 1 saturated carbocycles. The SMILES string of the molecule is CCO/C(=C\Cc1ccccc1)C1CCCCC1. The van der Waals surface area contributed by atoms with Gasteiger partial charge in [0, 0.05) is 5.92 Å². The molecule has 1 heteroatoms. The van der Waals surface area contributed by atoms with Gasteiger partial charge in [0.15, 0.2) is 0 Å². The minimum atomic E-state index is 0.669. The summed E-state index contributed by atoms with van der Waals surface area (Å²) in [5, 5.41) is 0. The molecule has 0 radical (unpaired) electrons. The van der Waals surface area contributed by atoms with E-state index < -0.39 is 0 Å². The first-order chi connectivity index (χ1) is 8.90. The molecule has 0 aliphatic heterocycles. The zero-order valence-electron chi connectivity index (χ0n) is 11.4. The fourth-order valence-electron chi connectivity index (χ4n) is 2.73. The van der Waals surface area contributed by atoms with E-state index >= 15 is 0 Å². The molecule has 0 N–H and O–H groups in total. The second-order valence-corrected chi connectivity index (χ2v) is 5.06. The normalized spacial score (nSPS) is 17.7. The smallest absolute Gasteiger partial charge is 0.0953 e. The van der Waals surface area contributed by atoms with Gasteiger partial charge in [-0.25, -0.2) is 0 Å². The molecule has 0 bridgehead atoms. The van der Waals surface area contributed by atoms with Crippen LogP contribution < -0.4 is 0 Å². The predicted octanol–water partition coefficient (Wildman–Crippen LogP) is 4.73. The first kappa shape index (κ1) is 13.2. The lowest BCUT2D eigenvalue weighted by Crippen LogP contribution is -2.12. The van der Waals surface area contributed by atoms with E-state index in [1.165, 1.54) is 43.4 Å². The molecular weight excluding hydrogens is 220 g/mol. The summed E-state index contributed by atoms with van der Waals surface area (Å²) in [6.45, 7) is 2.87. The lowest BCUT2D eigenvalue weighted by Gasteiger charge is -2.24. The molecule has 1 aromatic carbocycles. The van der Waals surface area contributed by atoms with E-state index in [4.69, 9.17) is 4.74 Å². The maximum Gasteiger partial charge on any atom is 0.0953 e. The van der Waals surface area contributed by atoms with Crippen LogP contribution in [0.5, 0.6) is 0 Å². The molecule has 0 aromatic heterocycles. The Morgan fingerprint density at radius 3 is 2.56 bits per heavy atom. The summed E-state index contributed by atoms with van der Waals surface area (Å²) in [6.07, 6.45) is 10.0. The van der Waals surface area contributed by atoms with Crippen LogP contribution in [0.3, 0.4) is 0 Å². The minimum Gasteiger partial charge on any atom is -0.498 e. The number of hydrogen-bond acceptors (Lipinski definition) is 1. The van der Waals surface area contributed by atoms with Gasteiger partial charge >= 0.3 is 0 Å². The number of benzene rings is 1. The molecule has 1 nitrogen and oxygen atoms in total. The van der Waals surface area contributed by atoms with Gasteiger partial charge in [0.2, 0.25) is 0 Å². The number of allylic oxidation sites excluding steroid dienone is 2. The van der Waals surface area contributed by atoms with Crippen molar-refractivity contribution >= 4 is 0 Å². The van der Waals surface area contributed by atoms with Gasteiger partial charge in [0.25, 0.3) is 0 Å². The number of rotatable bonds is 5. The number of ether oxygens (including phenoxy) is 1. The summed E-state index contributed by atoms with van der Waals surface area (Å²) >= 11 is 0. The van der Waals surface area contributed by atoms with Crippen LogP contribution in [-0.2, 0) is 11.2 Å². The quantitative estimate of drug-likeness (QED) is 0.680. The molecule has 0 heterocycles. The van der Waals surface area contributed by atoms with Crippen molar-refractivity contribution in [1.29, 1.82) is 0 Å². The van der Waals surface area contributed by atoms with Gasteiger partial charge in [-0.05, 0) is 37.8 Å². The van der Waals surface area contributed by atoms with Crippen molar-refractivity contribution in [3.05, 3.63) is 47.7 Å². The molecule has 1 fully saturated rings. The van der Waals surface area contributed by atoms with E-state index in [9.17, 15) is 0 Å². The minimum absolute atomic E-state index is 0.669. The number of hydrogen-bond donors (Lipinski definition) is 0. The van der Waals surface area contributed by atoms with Crippen molar-refractivity contribution in [2.45, 2.75) is 45.4 Å². The van der Waals surface area contributed by atoms with E-state index in [0.717, 1.165) is 13.0 Å². The molecule has 0 unspecified atom stereocenters. The Kier molecular flexibility index (Phi) is 5.32. The molecule has 1 aromatic rings. The topological polar surface area (TPSA) is 9.23 Å². The van der Waals surface area contributed by atoms with Crippen LogP contribution in [-0.4, -0.2) is 6.61 Å². The zero-order chi connectivity index (χ0) is 12.6. The van der Waals surface area contributed by atoms with E-state index in [-0.39, 0.29) is 0 Å². The Morgan fingerprint density at radius 2 is 1.89 bits per heavy atom. The second kappa shape index (κ2) is 7.25.